The zero-order valence-electron chi connectivity index (χ0n) is 16.5. The number of aromatic carboxylic acids is 1. The van der Waals surface area contributed by atoms with Crippen LogP contribution in [0.15, 0.2) is 59.1 Å². The molecule has 5 nitrogen and oxygen atoms in total. The van der Waals surface area contributed by atoms with E-state index in [-0.39, 0.29) is 5.56 Å². The Kier molecular flexibility index (Phi) is 7.24. The molecule has 0 aliphatic heterocycles. The van der Waals surface area contributed by atoms with Crippen LogP contribution in [0.1, 0.15) is 27.0 Å². The summed E-state index contributed by atoms with van der Waals surface area (Å²) in [5.74, 6) is 0.269. The van der Waals surface area contributed by atoms with Crippen LogP contribution >= 0.6 is 27.5 Å². The number of hydrogen-bond donors (Lipinski definition) is 2. The Morgan fingerprint density at radius 1 is 1.13 bits per heavy atom. The van der Waals surface area contributed by atoms with Crippen LogP contribution in [0.25, 0.3) is 0 Å². The molecule has 30 heavy (non-hydrogen) atoms. The van der Waals surface area contributed by atoms with Gasteiger partial charge in [-0.2, -0.15) is 0 Å². The monoisotopic (exact) mass is 489 g/mol. The maximum atomic E-state index is 11.3. The number of carbonyl (C=O) groups is 1. The van der Waals surface area contributed by atoms with Gasteiger partial charge in [0.15, 0.2) is 11.5 Å². The van der Waals surface area contributed by atoms with Crippen LogP contribution < -0.4 is 14.8 Å². The summed E-state index contributed by atoms with van der Waals surface area (Å²) in [5.41, 5.74) is 3.64. The molecule has 2 N–H and O–H groups in total. The van der Waals surface area contributed by atoms with Crippen LogP contribution in [0.2, 0.25) is 5.02 Å². The number of benzene rings is 3. The van der Waals surface area contributed by atoms with Gasteiger partial charge in [0, 0.05) is 21.7 Å². The molecule has 0 bridgehead atoms. The zero-order chi connectivity index (χ0) is 21.7. The van der Waals surface area contributed by atoms with Crippen molar-refractivity contribution in [3.05, 3.63) is 86.3 Å². The number of anilines is 1. The van der Waals surface area contributed by atoms with E-state index in [1.165, 1.54) is 0 Å². The van der Waals surface area contributed by atoms with Gasteiger partial charge in [-0.1, -0.05) is 45.7 Å². The van der Waals surface area contributed by atoms with Crippen molar-refractivity contribution in [3.8, 4) is 11.5 Å². The predicted octanol–water partition coefficient (Wildman–Crippen LogP) is 6.31. The van der Waals surface area contributed by atoms with E-state index in [1.54, 1.807) is 26.2 Å². The lowest BCUT2D eigenvalue weighted by atomic mass is 10.1. The number of rotatable bonds is 8. The van der Waals surface area contributed by atoms with E-state index in [9.17, 15) is 9.90 Å². The van der Waals surface area contributed by atoms with Crippen molar-refractivity contribution >= 4 is 39.2 Å². The lowest BCUT2D eigenvalue weighted by Gasteiger charge is -2.16. The van der Waals surface area contributed by atoms with Crippen molar-refractivity contribution in [2.75, 3.05) is 12.4 Å². The lowest BCUT2D eigenvalue weighted by Crippen LogP contribution is -2.06. The van der Waals surface area contributed by atoms with Crippen LogP contribution in [-0.4, -0.2) is 18.2 Å². The Balaban J connectivity index is 1.75. The molecular weight excluding hydrogens is 470 g/mol. The van der Waals surface area contributed by atoms with Crippen molar-refractivity contribution in [3.63, 3.8) is 0 Å². The lowest BCUT2D eigenvalue weighted by molar-refractivity contribution is 0.0696. The number of nitrogens with one attached hydrogen (secondary N) is 1. The van der Waals surface area contributed by atoms with Crippen molar-refractivity contribution in [1.82, 2.24) is 0 Å². The summed E-state index contributed by atoms with van der Waals surface area (Å²) >= 11 is 9.61. The number of methoxy groups -OCH3 is 1. The van der Waals surface area contributed by atoms with Gasteiger partial charge in [0.2, 0.25) is 0 Å². The zero-order valence-corrected chi connectivity index (χ0v) is 18.9. The van der Waals surface area contributed by atoms with E-state index < -0.39 is 5.97 Å². The first-order valence-corrected chi connectivity index (χ1v) is 10.4. The van der Waals surface area contributed by atoms with Gasteiger partial charge in [-0.05, 0) is 60.0 Å². The maximum absolute atomic E-state index is 11.3. The Morgan fingerprint density at radius 2 is 1.90 bits per heavy atom. The quantitative estimate of drug-likeness (QED) is 0.387. The van der Waals surface area contributed by atoms with Crippen molar-refractivity contribution in [2.24, 2.45) is 0 Å². The molecule has 7 heteroatoms. The molecule has 0 saturated heterocycles. The molecule has 0 aliphatic carbocycles. The summed E-state index contributed by atoms with van der Waals surface area (Å²) in [4.78, 5) is 11.3. The average molecular weight is 491 g/mol. The molecule has 0 spiro atoms. The van der Waals surface area contributed by atoms with Gasteiger partial charge >= 0.3 is 5.97 Å². The van der Waals surface area contributed by atoms with Gasteiger partial charge in [0.05, 0.1) is 12.7 Å². The Morgan fingerprint density at radius 3 is 2.60 bits per heavy atom. The molecule has 3 aromatic rings. The smallest absolute Gasteiger partial charge is 0.336 e. The molecule has 0 amide bonds. The number of ether oxygens (including phenoxy) is 2. The minimum atomic E-state index is -0.944. The Bertz CT molecular complexity index is 1070. The van der Waals surface area contributed by atoms with Gasteiger partial charge in [-0.15, -0.1) is 0 Å². The second kappa shape index (κ2) is 9.87. The molecule has 0 aliphatic rings. The summed E-state index contributed by atoms with van der Waals surface area (Å²) < 4.78 is 12.3. The van der Waals surface area contributed by atoms with E-state index in [0.29, 0.717) is 35.2 Å². The number of halogens is 2. The van der Waals surface area contributed by atoms with E-state index in [1.807, 2.05) is 42.5 Å². The largest absolute Gasteiger partial charge is 0.493 e. The van der Waals surface area contributed by atoms with E-state index in [4.69, 9.17) is 21.1 Å². The van der Waals surface area contributed by atoms with Gasteiger partial charge in [-0.25, -0.2) is 4.79 Å². The SMILES string of the molecule is COc1cc(CNc2cccc(C(=O)O)c2C)c(Br)cc1OCc1cccc(Cl)c1. The minimum Gasteiger partial charge on any atom is -0.493 e. The van der Waals surface area contributed by atoms with Crippen LogP contribution in [0.4, 0.5) is 5.69 Å². The first-order chi connectivity index (χ1) is 14.4. The van der Waals surface area contributed by atoms with Gasteiger partial charge in [-0.3, -0.25) is 0 Å². The van der Waals surface area contributed by atoms with Crippen LogP contribution in [-0.2, 0) is 13.2 Å². The molecule has 0 radical (unpaired) electrons. The van der Waals surface area contributed by atoms with E-state index in [2.05, 4.69) is 21.2 Å². The molecule has 3 aromatic carbocycles. The van der Waals surface area contributed by atoms with Gasteiger partial charge < -0.3 is 19.9 Å². The van der Waals surface area contributed by atoms with E-state index in [0.717, 1.165) is 21.3 Å². The third kappa shape index (κ3) is 5.26. The second-order valence-electron chi connectivity index (χ2n) is 6.65. The third-order valence-electron chi connectivity index (χ3n) is 4.65. The van der Waals surface area contributed by atoms with Crippen LogP contribution in [0.3, 0.4) is 0 Å². The van der Waals surface area contributed by atoms with Gasteiger partial charge in [0.1, 0.15) is 6.61 Å². The molecule has 3 rings (SSSR count). The normalized spacial score (nSPS) is 10.5. The fraction of sp³-hybridized carbons (Fsp3) is 0.174. The summed E-state index contributed by atoms with van der Waals surface area (Å²) in [5, 5.41) is 13.2. The summed E-state index contributed by atoms with van der Waals surface area (Å²) in [7, 11) is 1.59. The first kappa shape index (κ1) is 22.0. The molecule has 0 heterocycles. The fourth-order valence-corrected chi connectivity index (χ4v) is 3.70. The summed E-state index contributed by atoms with van der Waals surface area (Å²) in [6, 6.07) is 16.4. The summed E-state index contributed by atoms with van der Waals surface area (Å²) in [6.45, 7) is 2.63. The molecule has 0 unspecified atom stereocenters. The number of carboxylic acid groups (broad SMARTS) is 1. The average Bonchev–Trinajstić information content (AvgIpc) is 2.72. The van der Waals surface area contributed by atoms with Crippen LogP contribution in [0, 0.1) is 6.92 Å². The maximum Gasteiger partial charge on any atom is 0.336 e. The molecular formula is C23H21BrClNO4. The van der Waals surface area contributed by atoms with Crippen molar-refractivity contribution in [2.45, 2.75) is 20.1 Å². The third-order valence-corrected chi connectivity index (χ3v) is 5.62. The number of carboxylic acids is 1. The highest BCUT2D eigenvalue weighted by molar-refractivity contribution is 9.10. The Hall–Kier alpha value is -2.70. The fourth-order valence-electron chi connectivity index (χ4n) is 3.02. The molecule has 0 aromatic heterocycles. The molecule has 0 saturated carbocycles. The second-order valence-corrected chi connectivity index (χ2v) is 7.94. The molecule has 0 fully saturated rings. The van der Waals surface area contributed by atoms with Crippen molar-refractivity contribution in [1.29, 1.82) is 0 Å². The summed E-state index contributed by atoms with van der Waals surface area (Å²) in [6.07, 6.45) is 0. The van der Waals surface area contributed by atoms with Crippen molar-refractivity contribution < 1.29 is 19.4 Å². The molecule has 156 valence electrons. The highest BCUT2D eigenvalue weighted by atomic mass is 79.9. The topological polar surface area (TPSA) is 67.8 Å². The number of hydrogen-bond acceptors (Lipinski definition) is 4. The Labute approximate surface area is 188 Å². The standard InChI is InChI=1S/C23H21BrClNO4/c1-14-18(23(27)28)7-4-8-20(14)26-12-16-10-21(29-2)22(11-19(16)24)30-13-15-5-3-6-17(25)9-15/h3-11,26H,12-13H2,1-2H3,(H,27,28). The minimum absolute atomic E-state index is 0.279. The van der Waals surface area contributed by atoms with Crippen LogP contribution in [0.5, 0.6) is 11.5 Å². The highest BCUT2D eigenvalue weighted by Gasteiger charge is 2.13. The molecule has 0 atom stereocenters. The predicted molar refractivity (Wildman–Crippen MR) is 122 cm³/mol. The first-order valence-electron chi connectivity index (χ1n) is 9.19. The highest BCUT2D eigenvalue weighted by Crippen LogP contribution is 2.35. The van der Waals surface area contributed by atoms with E-state index >= 15 is 0 Å². The van der Waals surface area contributed by atoms with Gasteiger partial charge in [0.25, 0.3) is 0 Å².